The van der Waals surface area contributed by atoms with E-state index in [9.17, 15) is 13.9 Å². The third-order valence-electron chi connectivity index (χ3n) is 2.67. The minimum atomic E-state index is -3.01. The van der Waals surface area contributed by atoms with E-state index < -0.39 is 11.5 Å². The molecule has 1 aliphatic rings. The van der Waals surface area contributed by atoms with E-state index in [1.165, 1.54) is 0 Å². The highest BCUT2D eigenvalue weighted by molar-refractivity contribution is 4.95. The smallest absolute Gasteiger partial charge is 0.273 e. The maximum Gasteiger partial charge on any atom is 0.273 e. The largest absolute Gasteiger partial charge is 0.384 e. The Kier molecular flexibility index (Phi) is 2.40. The van der Waals surface area contributed by atoms with Gasteiger partial charge in [0.15, 0.2) is 0 Å². The Labute approximate surface area is 70.8 Å². The molecule has 0 aromatic rings. The summed E-state index contributed by atoms with van der Waals surface area (Å²) >= 11 is 0. The van der Waals surface area contributed by atoms with Crippen LogP contribution >= 0.6 is 0 Å². The van der Waals surface area contributed by atoms with Gasteiger partial charge < -0.3 is 10.8 Å². The second-order valence-corrected chi connectivity index (χ2v) is 3.76. The highest BCUT2D eigenvalue weighted by Gasteiger charge is 2.49. The van der Waals surface area contributed by atoms with Crippen LogP contribution in [0.2, 0.25) is 0 Å². The van der Waals surface area contributed by atoms with Crippen LogP contribution in [-0.2, 0) is 0 Å². The maximum atomic E-state index is 12.8. The van der Waals surface area contributed by atoms with Crippen molar-refractivity contribution in [2.45, 2.75) is 50.2 Å². The fourth-order valence-electron chi connectivity index (χ4n) is 1.56. The Morgan fingerprint density at radius 2 is 1.83 bits per heavy atom. The first-order valence-electron chi connectivity index (χ1n) is 4.21. The first-order valence-corrected chi connectivity index (χ1v) is 4.21. The van der Waals surface area contributed by atoms with Crippen LogP contribution in [0.15, 0.2) is 0 Å². The molecule has 1 rings (SSSR count). The summed E-state index contributed by atoms with van der Waals surface area (Å²) < 4.78 is 25.7. The molecule has 0 saturated heterocycles. The third kappa shape index (κ3) is 1.75. The van der Waals surface area contributed by atoms with Crippen molar-refractivity contribution in [1.29, 1.82) is 0 Å². The average Bonchev–Trinajstić information content (AvgIpc) is 1.93. The summed E-state index contributed by atoms with van der Waals surface area (Å²) in [6.45, 7) is 0.768. The summed E-state index contributed by atoms with van der Waals surface area (Å²) in [4.78, 5) is 0. The molecule has 0 atom stereocenters. The third-order valence-corrected chi connectivity index (χ3v) is 2.67. The lowest BCUT2D eigenvalue weighted by atomic mass is 9.79. The zero-order chi connectivity index (χ0) is 9.41. The van der Waals surface area contributed by atoms with Crippen molar-refractivity contribution in [2.24, 2.45) is 5.73 Å². The minimum absolute atomic E-state index is 0.0207. The van der Waals surface area contributed by atoms with E-state index in [1.54, 1.807) is 0 Å². The number of aliphatic hydroxyl groups is 1. The number of rotatable bonds is 1. The van der Waals surface area contributed by atoms with Crippen LogP contribution in [0.4, 0.5) is 8.78 Å². The maximum absolute atomic E-state index is 12.8. The normalized spacial score (nSPS) is 38.2. The van der Waals surface area contributed by atoms with Crippen molar-refractivity contribution in [3.63, 3.8) is 0 Å². The topological polar surface area (TPSA) is 46.2 Å². The van der Waals surface area contributed by atoms with Gasteiger partial charge in [0.25, 0.3) is 5.92 Å². The van der Waals surface area contributed by atoms with Crippen LogP contribution in [0.3, 0.4) is 0 Å². The number of alkyl halides is 2. The molecule has 4 heteroatoms. The lowest BCUT2D eigenvalue weighted by molar-refractivity contribution is -0.185. The van der Waals surface area contributed by atoms with E-state index in [1.807, 2.05) is 0 Å². The van der Waals surface area contributed by atoms with Crippen molar-refractivity contribution >= 4 is 0 Å². The van der Waals surface area contributed by atoms with Gasteiger partial charge in [0.05, 0.1) is 0 Å². The molecule has 0 aromatic heterocycles. The van der Waals surface area contributed by atoms with Crippen molar-refractivity contribution in [3.8, 4) is 0 Å². The van der Waals surface area contributed by atoms with Crippen LogP contribution in [0.25, 0.3) is 0 Å². The lowest BCUT2D eigenvalue weighted by Gasteiger charge is -2.38. The predicted molar refractivity (Wildman–Crippen MR) is 42.0 cm³/mol. The molecule has 0 heterocycles. The van der Waals surface area contributed by atoms with Crippen LogP contribution in [0, 0.1) is 0 Å². The summed E-state index contributed by atoms with van der Waals surface area (Å²) in [5, 5.41) is 9.52. The molecule has 72 valence electrons. The molecule has 0 spiro atoms. The van der Waals surface area contributed by atoms with E-state index in [0.29, 0.717) is 12.8 Å². The molecule has 0 aliphatic heterocycles. The fourth-order valence-corrected chi connectivity index (χ4v) is 1.56. The molecule has 1 saturated carbocycles. The van der Waals surface area contributed by atoms with Gasteiger partial charge in [-0.05, 0) is 25.7 Å². The van der Waals surface area contributed by atoms with E-state index >= 15 is 0 Å². The molecule has 0 unspecified atom stereocenters. The summed E-state index contributed by atoms with van der Waals surface area (Å²) in [5.41, 5.74) is 3.73. The molecular formula is C8H15F2NO. The van der Waals surface area contributed by atoms with E-state index in [4.69, 9.17) is 5.73 Å². The van der Waals surface area contributed by atoms with E-state index in [0.717, 1.165) is 6.92 Å². The standard InChI is InChI=1S/C8H15F2NO/c1-7(9,10)8(12)4-2-6(11)3-5-8/h6,12H,2-5,11H2,1H3. The van der Waals surface area contributed by atoms with Gasteiger partial charge in [-0.15, -0.1) is 0 Å². The summed E-state index contributed by atoms with van der Waals surface area (Å²) in [6.07, 6.45) is 1.19. The van der Waals surface area contributed by atoms with Crippen molar-refractivity contribution in [2.75, 3.05) is 0 Å². The quantitative estimate of drug-likeness (QED) is 0.636. The molecule has 0 bridgehead atoms. The molecule has 3 N–H and O–H groups in total. The fraction of sp³-hybridized carbons (Fsp3) is 1.00. The van der Waals surface area contributed by atoms with Gasteiger partial charge in [-0.1, -0.05) is 0 Å². The van der Waals surface area contributed by atoms with Crippen molar-refractivity contribution < 1.29 is 13.9 Å². The second kappa shape index (κ2) is 2.92. The second-order valence-electron chi connectivity index (χ2n) is 3.76. The highest BCUT2D eigenvalue weighted by atomic mass is 19.3. The molecule has 2 nitrogen and oxygen atoms in total. The number of nitrogens with two attached hydrogens (primary N) is 1. The Morgan fingerprint density at radius 1 is 1.42 bits per heavy atom. The summed E-state index contributed by atoms with van der Waals surface area (Å²) in [7, 11) is 0. The van der Waals surface area contributed by atoms with Crippen LogP contribution in [0.5, 0.6) is 0 Å². The van der Waals surface area contributed by atoms with Gasteiger partial charge in [-0.25, -0.2) is 8.78 Å². The first kappa shape index (κ1) is 9.86. The van der Waals surface area contributed by atoms with Gasteiger partial charge in [0.1, 0.15) is 5.60 Å². The minimum Gasteiger partial charge on any atom is -0.384 e. The molecular weight excluding hydrogens is 164 g/mol. The average molecular weight is 179 g/mol. The van der Waals surface area contributed by atoms with Gasteiger partial charge in [0.2, 0.25) is 0 Å². The van der Waals surface area contributed by atoms with E-state index in [-0.39, 0.29) is 18.9 Å². The zero-order valence-corrected chi connectivity index (χ0v) is 7.19. The van der Waals surface area contributed by atoms with Crippen LogP contribution < -0.4 is 5.73 Å². The van der Waals surface area contributed by atoms with E-state index in [2.05, 4.69) is 0 Å². The lowest BCUT2D eigenvalue weighted by Crippen LogP contribution is -2.50. The predicted octanol–water partition coefficient (Wildman–Crippen LogP) is 1.27. The SMILES string of the molecule is CC(F)(F)C1(O)CCC(N)CC1. The molecule has 0 radical (unpaired) electrons. The van der Waals surface area contributed by atoms with Gasteiger partial charge in [-0.2, -0.15) is 0 Å². The van der Waals surface area contributed by atoms with Gasteiger partial charge in [0, 0.05) is 13.0 Å². The number of halogens is 2. The zero-order valence-electron chi connectivity index (χ0n) is 7.19. The number of hydrogen-bond donors (Lipinski definition) is 2. The monoisotopic (exact) mass is 179 g/mol. The summed E-state index contributed by atoms with van der Waals surface area (Å²) in [5.74, 6) is -3.01. The molecule has 0 aromatic carbocycles. The van der Waals surface area contributed by atoms with Crippen LogP contribution in [0.1, 0.15) is 32.6 Å². The van der Waals surface area contributed by atoms with Crippen molar-refractivity contribution in [1.82, 2.24) is 0 Å². The Morgan fingerprint density at radius 3 is 2.17 bits per heavy atom. The Hall–Kier alpha value is -0.220. The first-order chi connectivity index (χ1) is 5.35. The molecule has 1 aliphatic carbocycles. The van der Waals surface area contributed by atoms with Gasteiger partial charge in [-0.3, -0.25) is 0 Å². The Bertz CT molecular complexity index is 159. The Balaban J connectivity index is 2.62. The highest BCUT2D eigenvalue weighted by Crippen LogP contribution is 2.39. The molecule has 12 heavy (non-hydrogen) atoms. The number of hydrogen-bond acceptors (Lipinski definition) is 2. The molecule has 0 amide bonds. The molecule has 1 fully saturated rings. The van der Waals surface area contributed by atoms with Gasteiger partial charge >= 0.3 is 0 Å². The van der Waals surface area contributed by atoms with Crippen molar-refractivity contribution in [3.05, 3.63) is 0 Å². The van der Waals surface area contributed by atoms with Crippen LogP contribution in [-0.4, -0.2) is 22.7 Å². The summed E-state index contributed by atoms with van der Waals surface area (Å²) in [6, 6.07) is -0.0207.